The standard InChI is InChI=1S/C7H7F2NO/c1-4(11)5-2-7(9)10-3-6(5)8/h2-4,11H,1H3. The summed E-state index contributed by atoms with van der Waals surface area (Å²) in [5.41, 5.74) is -0.0718. The van der Waals surface area contributed by atoms with E-state index >= 15 is 0 Å². The first kappa shape index (κ1) is 8.07. The Kier molecular flexibility index (Phi) is 2.14. The van der Waals surface area contributed by atoms with Gasteiger partial charge in [-0.15, -0.1) is 0 Å². The Labute approximate surface area is 62.5 Å². The third-order valence-electron chi connectivity index (χ3n) is 1.30. The molecule has 2 nitrogen and oxygen atoms in total. The van der Waals surface area contributed by atoms with E-state index in [1.807, 2.05) is 0 Å². The number of hydrogen-bond acceptors (Lipinski definition) is 2. The average molecular weight is 159 g/mol. The SMILES string of the molecule is CC(O)c1cc(F)ncc1F. The van der Waals surface area contributed by atoms with Crippen LogP contribution < -0.4 is 0 Å². The predicted octanol–water partition coefficient (Wildman–Crippen LogP) is 1.41. The van der Waals surface area contributed by atoms with Crippen LogP contribution in [0.15, 0.2) is 12.3 Å². The smallest absolute Gasteiger partial charge is 0.213 e. The third-order valence-corrected chi connectivity index (χ3v) is 1.30. The summed E-state index contributed by atoms with van der Waals surface area (Å²) in [6.07, 6.45) is -0.260. The van der Waals surface area contributed by atoms with Crippen molar-refractivity contribution in [1.29, 1.82) is 0 Å². The molecule has 0 aromatic carbocycles. The zero-order chi connectivity index (χ0) is 8.43. The van der Waals surface area contributed by atoms with E-state index < -0.39 is 17.9 Å². The van der Waals surface area contributed by atoms with Crippen LogP contribution >= 0.6 is 0 Å². The molecule has 0 spiro atoms. The van der Waals surface area contributed by atoms with Crippen LogP contribution in [-0.2, 0) is 0 Å². The van der Waals surface area contributed by atoms with Crippen molar-refractivity contribution in [3.8, 4) is 0 Å². The summed E-state index contributed by atoms with van der Waals surface area (Å²) in [5, 5.41) is 8.89. The van der Waals surface area contributed by atoms with Crippen LogP contribution in [0.4, 0.5) is 8.78 Å². The fourth-order valence-electron chi connectivity index (χ4n) is 0.748. The molecule has 1 aromatic rings. The molecule has 0 saturated heterocycles. The zero-order valence-corrected chi connectivity index (χ0v) is 5.88. The van der Waals surface area contributed by atoms with Gasteiger partial charge in [0.2, 0.25) is 5.95 Å². The van der Waals surface area contributed by atoms with Crippen LogP contribution in [-0.4, -0.2) is 10.1 Å². The van der Waals surface area contributed by atoms with Crippen molar-refractivity contribution in [2.75, 3.05) is 0 Å². The average Bonchev–Trinajstić information content (AvgIpc) is 1.94. The van der Waals surface area contributed by atoms with E-state index in [4.69, 9.17) is 5.11 Å². The lowest BCUT2D eigenvalue weighted by molar-refractivity contribution is 0.193. The quantitative estimate of drug-likeness (QED) is 0.628. The number of hydrogen-bond donors (Lipinski definition) is 1. The van der Waals surface area contributed by atoms with E-state index in [2.05, 4.69) is 4.98 Å². The molecule has 0 bridgehead atoms. The number of aromatic nitrogens is 1. The molecule has 4 heteroatoms. The largest absolute Gasteiger partial charge is 0.389 e. The van der Waals surface area contributed by atoms with Gasteiger partial charge in [-0.3, -0.25) is 0 Å². The second kappa shape index (κ2) is 2.92. The summed E-state index contributed by atoms with van der Waals surface area (Å²) in [6.45, 7) is 1.36. The summed E-state index contributed by atoms with van der Waals surface area (Å²) >= 11 is 0. The molecule has 0 fully saturated rings. The fraction of sp³-hybridized carbons (Fsp3) is 0.286. The van der Waals surface area contributed by atoms with Gasteiger partial charge >= 0.3 is 0 Å². The molecule has 0 aliphatic rings. The third kappa shape index (κ3) is 1.71. The van der Waals surface area contributed by atoms with E-state index in [0.717, 1.165) is 12.3 Å². The minimum Gasteiger partial charge on any atom is -0.389 e. The lowest BCUT2D eigenvalue weighted by Gasteiger charge is -2.04. The summed E-state index contributed by atoms with van der Waals surface area (Å²) in [6, 6.07) is 0.875. The number of aliphatic hydroxyl groups is 1. The molecule has 1 rings (SSSR count). The zero-order valence-electron chi connectivity index (χ0n) is 5.88. The number of pyridine rings is 1. The van der Waals surface area contributed by atoms with Gasteiger partial charge in [0.25, 0.3) is 0 Å². The number of aliphatic hydroxyl groups excluding tert-OH is 1. The van der Waals surface area contributed by atoms with Gasteiger partial charge in [-0.2, -0.15) is 4.39 Å². The molecule has 0 aliphatic carbocycles. The predicted molar refractivity (Wildman–Crippen MR) is 34.8 cm³/mol. The van der Waals surface area contributed by atoms with E-state index in [1.165, 1.54) is 6.92 Å². The van der Waals surface area contributed by atoms with Crippen molar-refractivity contribution >= 4 is 0 Å². The topological polar surface area (TPSA) is 33.1 Å². The summed E-state index contributed by atoms with van der Waals surface area (Å²) in [7, 11) is 0. The van der Waals surface area contributed by atoms with Crippen molar-refractivity contribution in [2.45, 2.75) is 13.0 Å². The van der Waals surface area contributed by atoms with Crippen molar-refractivity contribution in [3.63, 3.8) is 0 Å². The normalized spacial score (nSPS) is 13.1. The Hall–Kier alpha value is -1.03. The molecule has 1 atom stereocenters. The number of halogens is 2. The summed E-state index contributed by atoms with van der Waals surface area (Å²) < 4.78 is 24.9. The highest BCUT2D eigenvalue weighted by molar-refractivity contribution is 5.15. The first-order chi connectivity index (χ1) is 5.11. The van der Waals surface area contributed by atoms with Gasteiger partial charge in [0, 0.05) is 11.6 Å². The van der Waals surface area contributed by atoms with Gasteiger partial charge in [0.05, 0.1) is 12.3 Å². The molecule has 1 heterocycles. The minimum absolute atomic E-state index is 0.0718. The Morgan fingerprint density at radius 2 is 2.18 bits per heavy atom. The fourth-order valence-corrected chi connectivity index (χ4v) is 0.748. The maximum atomic E-state index is 12.6. The molecule has 1 unspecified atom stereocenters. The summed E-state index contributed by atoms with van der Waals surface area (Å²) in [4.78, 5) is 3.07. The number of rotatable bonds is 1. The Balaban J connectivity index is 3.13. The van der Waals surface area contributed by atoms with Crippen LogP contribution in [0, 0.1) is 11.8 Å². The van der Waals surface area contributed by atoms with Crippen molar-refractivity contribution in [1.82, 2.24) is 4.98 Å². The van der Waals surface area contributed by atoms with Crippen LogP contribution in [0.5, 0.6) is 0 Å². The molecule has 1 aromatic heterocycles. The van der Waals surface area contributed by atoms with E-state index in [1.54, 1.807) is 0 Å². The molecule has 1 N–H and O–H groups in total. The van der Waals surface area contributed by atoms with Gasteiger partial charge < -0.3 is 5.11 Å². The highest BCUT2D eigenvalue weighted by atomic mass is 19.1. The van der Waals surface area contributed by atoms with Gasteiger partial charge in [-0.1, -0.05) is 0 Å². The van der Waals surface area contributed by atoms with Gasteiger partial charge in [0.15, 0.2) is 0 Å². The molecule has 60 valence electrons. The molecular weight excluding hydrogens is 152 g/mol. The van der Waals surface area contributed by atoms with Gasteiger partial charge in [-0.25, -0.2) is 9.37 Å². The van der Waals surface area contributed by atoms with Crippen molar-refractivity contribution in [3.05, 3.63) is 29.6 Å². The van der Waals surface area contributed by atoms with Crippen molar-refractivity contribution < 1.29 is 13.9 Å². The molecule has 0 saturated carbocycles. The Bertz CT molecular complexity index is 263. The van der Waals surface area contributed by atoms with Crippen molar-refractivity contribution in [2.24, 2.45) is 0 Å². The molecule has 11 heavy (non-hydrogen) atoms. The van der Waals surface area contributed by atoms with E-state index in [0.29, 0.717) is 0 Å². The van der Waals surface area contributed by atoms with Crippen LogP contribution in [0.1, 0.15) is 18.6 Å². The number of nitrogens with zero attached hydrogens (tertiary/aromatic N) is 1. The van der Waals surface area contributed by atoms with Crippen LogP contribution in [0.2, 0.25) is 0 Å². The van der Waals surface area contributed by atoms with Gasteiger partial charge in [0.1, 0.15) is 5.82 Å². The maximum absolute atomic E-state index is 12.6. The van der Waals surface area contributed by atoms with Crippen LogP contribution in [0.3, 0.4) is 0 Å². The van der Waals surface area contributed by atoms with E-state index in [-0.39, 0.29) is 5.56 Å². The highest BCUT2D eigenvalue weighted by Gasteiger charge is 2.08. The minimum atomic E-state index is -1.01. The molecular formula is C7H7F2NO. The Morgan fingerprint density at radius 3 is 2.64 bits per heavy atom. The second-order valence-corrected chi connectivity index (χ2v) is 2.20. The first-order valence-electron chi connectivity index (χ1n) is 3.10. The monoisotopic (exact) mass is 159 g/mol. The van der Waals surface area contributed by atoms with Crippen LogP contribution in [0.25, 0.3) is 0 Å². The first-order valence-corrected chi connectivity index (χ1v) is 3.10. The Morgan fingerprint density at radius 1 is 1.55 bits per heavy atom. The molecule has 0 radical (unpaired) electrons. The lowest BCUT2D eigenvalue weighted by Crippen LogP contribution is -1.98. The van der Waals surface area contributed by atoms with Gasteiger partial charge in [-0.05, 0) is 6.92 Å². The molecule has 0 amide bonds. The van der Waals surface area contributed by atoms with E-state index in [9.17, 15) is 8.78 Å². The molecule has 0 aliphatic heterocycles. The highest BCUT2D eigenvalue weighted by Crippen LogP contribution is 2.15. The second-order valence-electron chi connectivity index (χ2n) is 2.20. The maximum Gasteiger partial charge on any atom is 0.213 e. The summed E-state index contributed by atoms with van der Waals surface area (Å²) in [5.74, 6) is -1.48. The lowest BCUT2D eigenvalue weighted by atomic mass is 10.2.